The zero-order chi connectivity index (χ0) is 10.2. The summed E-state index contributed by atoms with van der Waals surface area (Å²) in [5.74, 6) is -4.92. The molecule has 0 fully saturated rings. The van der Waals surface area contributed by atoms with E-state index in [4.69, 9.17) is 26.9 Å². The van der Waals surface area contributed by atoms with Crippen LogP contribution in [-0.2, 0) is 0 Å². The van der Waals surface area contributed by atoms with Crippen LogP contribution in [0.15, 0.2) is 6.07 Å². The fourth-order valence-corrected chi connectivity index (χ4v) is 0.996. The van der Waals surface area contributed by atoms with Gasteiger partial charge in [0.05, 0.1) is 5.02 Å². The van der Waals surface area contributed by atoms with Crippen LogP contribution in [0.4, 0.5) is 4.39 Å². The van der Waals surface area contributed by atoms with Gasteiger partial charge in [0.1, 0.15) is 5.56 Å². The van der Waals surface area contributed by atoms with Gasteiger partial charge in [-0.05, 0) is 0 Å². The standard InChI is InChI=1S/C7H4ClFO4/c8-2-1-3(10)5(9)4(6(2)11)7(12)13/h1,10-11H,(H,12,13). The van der Waals surface area contributed by atoms with Crippen LogP contribution in [0.2, 0.25) is 5.02 Å². The van der Waals surface area contributed by atoms with E-state index < -0.39 is 33.9 Å². The third kappa shape index (κ3) is 1.50. The summed E-state index contributed by atoms with van der Waals surface area (Å²) in [5, 5.41) is 25.8. The largest absolute Gasteiger partial charge is 0.505 e. The molecule has 0 bridgehead atoms. The first-order valence-electron chi connectivity index (χ1n) is 3.08. The molecular formula is C7H4ClFO4. The number of carbonyl (C=O) groups is 1. The molecule has 1 aromatic carbocycles. The van der Waals surface area contributed by atoms with Crippen molar-refractivity contribution < 1.29 is 24.5 Å². The molecule has 0 heterocycles. The van der Waals surface area contributed by atoms with E-state index in [1.807, 2.05) is 0 Å². The van der Waals surface area contributed by atoms with E-state index >= 15 is 0 Å². The van der Waals surface area contributed by atoms with Crippen molar-refractivity contribution in [1.29, 1.82) is 0 Å². The Morgan fingerprint density at radius 2 is 2.00 bits per heavy atom. The lowest BCUT2D eigenvalue weighted by Crippen LogP contribution is -2.01. The lowest BCUT2D eigenvalue weighted by molar-refractivity contribution is 0.0687. The molecule has 0 saturated heterocycles. The molecular weight excluding hydrogens is 203 g/mol. The summed E-state index contributed by atoms with van der Waals surface area (Å²) in [5.41, 5.74) is -1.04. The van der Waals surface area contributed by atoms with Crippen molar-refractivity contribution in [3.8, 4) is 11.5 Å². The maximum atomic E-state index is 12.8. The Morgan fingerprint density at radius 3 is 2.46 bits per heavy atom. The Morgan fingerprint density at radius 1 is 1.46 bits per heavy atom. The molecule has 0 aliphatic rings. The average molecular weight is 207 g/mol. The molecule has 1 rings (SSSR count). The molecule has 0 saturated carbocycles. The molecule has 6 heteroatoms. The Kier molecular flexibility index (Phi) is 2.29. The van der Waals surface area contributed by atoms with Crippen LogP contribution in [0.5, 0.6) is 11.5 Å². The number of aromatic hydroxyl groups is 2. The number of aromatic carboxylic acids is 1. The third-order valence-corrected chi connectivity index (χ3v) is 1.67. The normalized spacial score (nSPS) is 10.0. The Labute approximate surface area is 76.8 Å². The first-order chi connectivity index (χ1) is 5.95. The highest BCUT2D eigenvalue weighted by molar-refractivity contribution is 6.32. The SMILES string of the molecule is O=C(O)c1c(O)c(Cl)cc(O)c1F. The molecule has 0 aromatic heterocycles. The highest BCUT2D eigenvalue weighted by atomic mass is 35.5. The molecule has 0 atom stereocenters. The van der Waals surface area contributed by atoms with Crippen molar-refractivity contribution in [2.75, 3.05) is 0 Å². The van der Waals surface area contributed by atoms with Crippen molar-refractivity contribution in [3.63, 3.8) is 0 Å². The van der Waals surface area contributed by atoms with Gasteiger partial charge in [0, 0.05) is 6.07 Å². The summed E-state index contributed by atoms with van der Waals surface area (Å²) in [6, 6.07) is 0.721. The van der Waals surface area contributed by atoms with E-state index in [2.05, 4.69) is 0 Å². The van der Waals surface area contributed by atoms with Gasteiger partial charge in [-0.15, -0.1) is 0 Å². The number of carboxylic acid groups (broad SMARTS) is 1. The van der Waals surface area contributed by atoms with Crippen LogP contribution < -0.4 is 0 Å². The summed E-state index contributed by atoms with van der Waals surface area (Å²) in [7, 11) is 0. The first-order valence-corrected chi connectivity index (χ1v) is 3.46. The summed E-state index contributed by atoms with van der Waals surface area (Å²) < 4.78 is 12.8. The fraction of sp³-hybridized carbons (Fsp3) is 0. The highest BCUT2D eigenvalue weighted by Gasteiger charge is 2.22. The number of halogens is 2. The van der Waals surface area contributed by atoms with Gasteiger partial charge < -0.3 is 15.3 Å². The minimum Gasteiger partial charge on any atom is -0.505 e. The van der Waals surface area contributed by atoms with Gasteiger partial charge in [-0.1, -0.05) is 11.6 Å². The number of hydrogen-bond acceptors (Lipinski definition) is 3. The van der Waals surface area contributed by atoms with E-state index in [0.717, 1.165) is 6.07 Å². The number of rotatable bonds is 1. The van der Waals surface area contributed by atoms with Crippen molar-refractivity contribution in [2.24, 2.45) is 0 Å². The minimum atomic E-state index is -1.70. The predicted octanol–water partition coefficient (Wildman–Crippen LogP) is 1.59. The molecule has 70 valence electrons. The quantitative estimate of drug-likeness (QED) is 0.610. The van der Waals surface area contributed by atoms with E-state index in [9.17, 15) is 9.18 Å². The smallest absolute Gasteiger partial charge is 0.342 e. The summed E-state index contributed by atoms with van der Waals surface area (Å²) in [4.78, 5) is 10.4. The number of carboxylic acids is 1. The first kappa shape index (κ1) is 9.60. The molecule has 1 aromatic rings. The second kappa shape index (κ2) is 3.10. The molecule has 3 N–H and O–H groups in total. The molecule has 0 aliphatic heterocycles. The number of benzene rings is 1. The van der Waals surface area contributed by atoms with Gasteiger partial charge in [0.25, 0.3) is 0 Å². The number of hydrogen-bond donors (Lipinski definition) is 3. The number of phenolic OH excluding ortho intramolecular Hbond substituents is 1. The maximum absolute atomic E-state index is 12.8. The predicted molar refractivity (Wildman–Crippen MR) is 41.7 cm³/mol. The molecule has 0 amide bonds. The zero-order valence-corrected chi connectivity index (χ0v) is 6.84. The topological polar surface area (TPSA) is 77.8 Å². The van der Waals surface area contributed by atoms with Crippen molar-refractivity contribution >= 4 is 17.6 Å². The van der Waals surface area contributed by atoms with Crippen molar-refractivity contribution in [2.45, 2.75) is 0 Å². The van der Waals surface area contributed by atoms with Gasteiger partial charge in [-0.2, -0.15) is 0 Å². The number of phenols is 2. The van der Waals surface area contributed by atoms with E-state index in [0.29, 0.717) is 0 Å². The Bertz CT molecular complexity index is 351. The van der Waals surface area contributed by atoms with E-state index in [1.165, 1.54) is 0 Å². The Balaban J connectivity index is 3.56. The van der Waals surface area contributed by atoms with Crippen LogP contribution in [0.1, 0.15) is 10.4 Å². The Hall–Kier alpha value is -1.49. The molecule has 0 spiro atoms. The summed E-state index contributed by atoms with van der Waals surface area (Å²) in [6.45, 7) is 0. The second-order valence-corrected chi connectivity index (χ2v) is 2.63. The fourth-order valence-electron chi connectivity index (χ4n) is 0.798. The summed E-state index contributed by atoms with van der Waals surface area (Å²) >= 11 is 5.30. The van der Waals surface area contributed by atoms with E-state index in [-0.39, 0.29) is 0 Å². The van der Waals surface area contributed by atoms with Gasteiger partial charge >= 0.3 is 5.97 Å². The minimum absolute atomic E-state index is 0.420. The van der Waals surface area contributed by atoms with Crippen molar-refractivity contribution in [1.82, 2.24) is 0 Å². The lowest BCUT2D eigenvalue weighted by Gasteiger charge is -2.04. The van der Waals surface area contributed by atoms with Gasteiger partial charge in [-0.25, -0.2) is 9.18 Å². The third-order valence-electron chi connectivity index (χ3n) is 1.38. The van der Waals surface area contributed by atoms with Gasteiger partial charge in [0.2, 0.25) is 0 Å². The maximum Gasteiger partial charge on any atom is 0.342 e. The lowest BCUT2D eigenvalue weighted by atomic mass is 10.2. The second-order valence-electron chi connectivity index (χ2n) is 2.22. The summed E-state index contributed by atoms with van der Waals surface area (Å²) in [6.07, 6.45) is 0. The van der Waals surface area contributed by atoms with Crippen LogP contribution >= 0.6 is 11.6 Å². The monoisotopic (exact) mass is 206 g/mol. The molecule has 13 heavy (non-hydrogen) atoms. The van der Waals surface area contributed by atoms with Crippen molar-refractivity contribution in [3.05, 3.63) is 22.5 Å². The van der Waals surface area contributed by atoms with E-state index in [1.54, 1.807) is 0 Å². The average Bonchev–Trinajstić information content (AvgIpc) is 2.01. The van der Waals surface area contributed by atoms with Gasteiger partial charge in [-0.3, -0.25) is 0 Å². The van der Waals surface area contributed by atoms with Crippen LogP contribution in [0, 0.1) is 5.82 Å². The molecule has 0 radical (unpaired) electrons. The zero-order valence-electron chi connectivity index (χ0n) is 6.08. The highest BCUT2D eigenvalue weighted by Crippen LogP contribution is 2.34. The van der Waals surface area contributed by atoms with Gasteiger partial charge in [0.15, 0.2) is 17.3 Å². The van der Waals surface area contributed by atoms with Crippen LogP contribution in [0.3, 0.4) is 0 Å². The van der Waals surface area contributed by atoms with Crippen LogP contribution in [-0.4, -0.2) is 21.3 Å². The molecule has 4 nitrogen and oxygen atoms in total. The molecule has 0 aliphatic carbocycles. The molecule has 0 unspecified atom stereocenters. The van der Waals surface area contributed by atoms with Crippen LogP contribution in [0.25, 0.3) is 0 Å².